The monoisotopic (exact) mass is 202 g/mol. The van der Waals surface area contributed by atoms with Gasteiger partial charge in [-0.15, -0.1) is 0 Å². The number of aliphatic hydroxyl groups excluding tert-OH is 1. The van der Waals surface area contributed by atoms with E-state index in [2.05, 4.69) is 9.98 Å². The second-order valence-electron chi connectivity index (χ2n) is 2.34. The Hall–Kier alpha value is -1.14. The second-order valence-corrected chi connectivity index (χ2v) is 3.35. The van der Waals surface area contributed by atoms with Gasteiger partial charge in [0.05, 0.1) is 0 Å². The van der Waals surface area contributed by atoms with Crippen LogP contribution in [0.2, 0.25) is 0 Å². The van der Waals surface area contributed by atoms with Crippen molar-refractivity contribution in [2.24, 2.45) is 4.99 Å². The molecule has 1 aromatic heterocycles. The Morgan fingerprint density at radius 2 is 2.38 bits per heavy atom. The summed E-state index contributed by atoms with van der Waals surface area (Å²) in [4.78, 5) is 17.0. The fourth-order valence-electron chi connectivity index (χ4n) is 0.729. The van der Waals surface area contributed by atoms with Crippen molar-refractivity contribution in [2.45, 2.75) is 6.42 Å². The molecule has 0 saturated heterocycles. The summed E-state index contributed by atoms with van der Waals surface area (Å²) < 4.78 is 0. The van der Waals surface area contributed by atoms with Crippen molar-refractivity contribution in [1.29, 1.82) is 0 Å². The smallest absolute Gasteiger partial charge is 0.307 e. The van der Waals surface area contributed by atoms with E-state index >= 15 is 0 Å². The van der Waals surface area contributed by atoms with Crippen molar-refractivity contribution in [3.05, 3.63) is 14.5 Å². The highest BCUT2D eigenvalue weighted by atomic mass is 32.1. The zero-order chi connectivity index (χ0) is 9.68. The molecule has 0 spiro atoms. The number of nitrogens with one attached hydrogen (secondary N) is 1. The Morgan fingerprint density at radius 1 is 1.62 bits per heavy atom. The predicted molar refractivity (Wildman–Crippen MR) is 50.8 cm³/mol. The zero-order valence-corrected chi connectivity index (χ0v) is 7.67. The molecule has 5 nitrogen and oxygen atoms in total. The summed E-state index contributed by atoms with van der Waals surface area (Å²) in [6, 6.07) is 0. The molecule has 0 radical (unpaired) electrons. The number of nitrogens with zero attached hydrogens (tertiary/aromatic N) is 1. The highest BCUT2D eigenvalue weighted by molar-refractivity contribution is 7.11. The van der Waals surface area contributed by atoms with Gasteiger partial charge in [0.15, 0.2) is 0 Å². The van der Waals surface area contributed by atoms with E-state index < -0.39 is 0 Å². The van der Waals surface area contributed by atoms with Gasteiger partial charge < -0.3 is 10.2 Å². The first-order valence-corrected chi connectivity index (χ1v) is 4.58. The molecule has 1 rings (SSSR count). The maximum Gasteiger partial charge on any atom is 0.307 e. The number of rotatable bonds is 4. The molecular weight excluding hydrogens is 192 g/mol. The molecule has 1 heterocycles. The molecule has 0 atom stereocenters. The number of aromatic hydroxyl groups is 1. The Labute approximate surface area is 78.4 Å². The Bertz CT molecular complexity index is 342. The van der Waals surface area contributed by atoms with Gasteiger partial charge in [-0.3, -0.25) is 14.8 Å². The van der Waals surface area contributed by atoms with Gasteiger partial charge in [-0.05, 0) is 6.42 Å². The number of hydrogen-bond acceptors (Lipinski definition) is 5. The molecule has 0 aliphatic rings. The van der Waals surface area contributed by atoms with Crippen LogP contribution >= 0.6 is 11.3 Å². The average molecular weight is 202 g/mol. The molecule has 0 unspecified atom stereocenters. The van der Waals surface area contributed by atoms with Crippen LogP contribution in [0.3, 0.4) is 0 Å². The van der Waals surface area contributed by atoms with E-state index in [1.807, 2.05) is 0 Å². The van der Waals surface area contributed by atoms with E-state index in [1.165, 1.54) is 6.21 Å². The molecule has 0 aliphatic heterocycles. The van der Waals surface area contributed by atoms with Gasteiger partial charge in [0.25, 0.3) is 0 Å². The number of H-pyrrole nitrogens is 1. The third kappa shape index (κ3) is 3.00. The molecular formula is C7H10N2O3S. The van der Waals surface area contributed by atoms with Crippen molar-refractivity contribution in [3.63, 3.8) is 0 Å². The number of aliphatic hydroxyl groups is 1. The second kappa shape index (κ2) is 4.78. The predicted octanol–water partition coefficient (Wildman–Crippen LogP) is -0.0567. The van der Waals surface area contributed by atoms with Crippen molar-refractivity contribution in [3.8, 4) is 5.88 Å². The molecule has 0 fully saturated rings. The van der Waals surface area contributed by atoms with Crippen LogP contribution in [-0.4, -0.2) is 34.6 Å². The lowest BCUT2D eigenvalue weighted by Gasteiger charge is -1.88. The van der Waals surface area contributed by atoms with Crippen LogP contribution in [0, 0.1) is 0 Å². The molecule has 0 bridgehead atoms. The molecule has 6 heteroatoms. The molecule has 0 saturated carbocycles. The van der Waals surface area contributed by atoms with E-state index in [1.54, 1.807) is 0 Å². The summed E-state index contributed by atoms with van der Waals surface area (Å²) in [5, 5.41) is 17.5. The van der Waals surface area contributed by atoms with Crippen LogP contribution in [-0.2, 0) is 0 Å². The number of aromatic nitrogens is 1. The molecule has 3 N–H and O–H groups in total. The Morgan fingerprint density at radius 3 is 2.92 bits per heavy atom. The standard InChI is InChI=1S/C7H10N2O3S/c10-3-1-2-8-4-5-6(11)9-7(12)13-5/h4,10-11H,1-3H2,(H,9,12). The zero-order valence-electron chi connectivity index (χ0n) is 6.86. The topological polar surface area (TPSA) is 85.7 Å². The quantitative estimate of drug-likeness (QED) is 0.472. The maximum absolute atomic E-state index is 10.7. The summed E-state index contributed by atoms with van der Waals surface area (Å²) in [5.74, 6) is -0.150. The lowest BCUT2D eigenvalue weighted by atomic mass is 10.4. The highest BCUT2D eigenvalue weighted by Crippen LogP contribution is 2.11. The van der Waals surface area contributed by atoms with Gasteiger partial charge in [0, 0.05) is 19.4 Å². The Balaban J connectivity index is 2.58. The highest BCUT2D eigenvalue weighted by Gasteiger charge is 2.01. The largest absolute Gasteiger partial charge is 0.493 e. The van der Waals surface area contributed by atoms with Gasteiger partial charge in [-0.1, -0.05) is 11.3 Å². The van der Waals surface area contributed by atoms with Crippen molar-refractivity contribution < 1.29 is 10.2 Å². The minimum Gasteiger partial charge on any atom is -0.493 e. The summed E-state index contributed by atoms with van der Waals surface area (Å²) in [6.07, 6.45) is 2.00. The van der Waals surface area contributed by atoms with Gasteiger partial charge in [0.2, 0.25) is 5.88 Å². The molecule has 0 aliphatic carbocycles. The lowest BCUT2D eigenvalue weighted by molar-refractivity contribution is 0.291. The SMILES string of the molecule is O=c1[nH]c(O)c(C=NCCCO)s1. The van der Waals surface area contributed by atoms with Crippen LogP contribution in [0.15, 0.2) is 9.79 Å². The number of thiazole rings is 1. The first-order valence-electron chi connectivity index (χ1n) is 3.77. The van der Waals surface area contributed by atoms with Gasteiger partial charge in [-0.25, -0.2) is 0 Å². The van der Waals surface area contributed by atoms with E-state index in [9.17, 15) is 4.79 Å². The van der Waals surface area contributed by atoms with Gasteiger partial charge in [-0.2, -0.15) is 0 Å². The molecule has 72 valence electrons. The van der Waals surface area contributed by atoms with E-state index in [0.717, 1.165) is 11.3 Å². The molecule has 0 aromatic carbocycles. The summed E-state index contributed by atoms with van der Waals surface area (Å²) >= 11 is 0.899. The molecule has 0 amide bonds. The Kier molecular flexibility index (Phi) is 3.66. The third-order valence-corrected chi connectivity index (χ3v) is 2.12. The lowest BCUT2D eigenvalue weighted by Crippen LogP contribution is -1.89. The first kappa shape index (κ1) is 9.94. The van der Waals surface area contributed by atoms with Crippen LogP contribution in [0.5, 0.6) is 5.88 Å². The van der Waals surface area contributed by atoms with E-state index in [4.69, 9.17) is 10.2 Å². The summed E-state index contributed by atoms with van der Waals surface area (Å²) in [7, 11) is 0. The minimum atomic E-state index is -0.305. The van der Waals surface area contributed by atoms with Gasteiger partial charge >= 0.3 is 4.87 Å². The van der Waals surface area contributed by atoms with Crippen molar-refractivity contribution >= 4 is 17.6 Å². The van der Waals surface area contributed by atoms with Crippen molar-refractivity contribution in [1.82, 2.24) is 4.98 Å². The molecule has 13 heavy (non-hydrogen) atoms. The van der Waals surface area contributed by atoms with Crippen LogP contribution in [0.25, 0.3) is 0 Å². The number of aromatic amines is 1. The summed E-state index contributed by atoms with van der Waals surface area (Å²) in [5.41, 5.74) is 0. The van der Waals surface area contributed by atoms with Crippen molar-refractivity contribution in [2.75, 3.05) is 13.2 Å². The van der Waals surface area contributed by atoms with Crippen LogP contribution < -0.4 is 4.87 Å². The number of hydrogen-bond donors (Lipinski definition) is 3. The fourth-order valence-corrected chi connectivity index (χ4v) is 1.35. The number of aliphatic imine (C=N–C) groups is 1. The van der Waals surface area contributed by atoms with Crippen LogP contribution in [0.4, 0.5) is 0 Å². The third-order valence-electron chi connectivity index (χ3n) is 1.31. The van der Waals surface area contributed by atoms with Crippen LogP contribution in [0.1, 0.15) is 11.3 Å². The average Bonchev–Trinajstić information content (AvgIpc) is 2.39. The van der Waals surface area contributed by atoms with Gasteiger partial charge in [0.1, 0.15) is 4.88 Å². The fraction of sp³-hybridized carbons (Fsp3) is 0.429. The van der Waals surface area contributed by atoms with E-state index in [0.29, 0.717) is 17.8 Å². The van der Waals surface area contributed by atoms with E-state index in [-0.39, 0.29) is 17.4 Å². The summed E-state index contributed by atoms with van der Waals surface area (Å²) in [6.45, 7) is 0.578. The normalized spacial score (nSPS) is 11.2. The molecule has 1 aromatic rings. The minimum absolute atomic E-state index is 0.0900. The first-order chi connectivity index (χ1) is 6.24. The maximum atomic E-state index is 10.7.